The van der Waals surface area contributed by atoms with E-state index >= 15 is 0 Å². The average Bonchev–Trinajstić information content (AvgIpc) is 3.11. The summed E-state index contributed by atoms with van der Waals surface area (Å²) in [5, 5.41) is 0. The first-order valence-electron chi connectivity index (χ1n) is 15.3. The van der Waals surface area contributed by atoms with Crippen LogP contribution in [-0.2, 0) is 19.8 Å². The predicted molar refractivity (Wildman–Crippen MR) is 199 cm³/mol. The van der Waals surface area contributed by atoms with E-state index in [1.165, 1.54) is 19.6 Å². The maximum Gasteiger partial charge on any atom is 4.00 e. The van der Waals surface area contributed by atoms with Crippen molar-refractivity contribution < 1.29 is 34.2 Å². The molecule has 0 unspecified atom stereocenters. The summed E-state index contributed by atoms with van der Waals surface area (Å²) in [7, 11) is 0. The fourth-order valence-electron chi connectivity index (χ4n) is 4.17. The number of carbonyl (C=O) groups excluding carboxylic acids is 3. The molecule has 0 saturated carbocycles. The van der Waals surface area contributed by atoms with Gasteiger partial charge < -0.3 is 0 Å². The molecule has 0 saturated heterocycles. The van der Waals surface area contributed by atoms with Crippen molar-refractivity contribution in [1.29, 1.82) is 0 Å². The molecule has 0 atom stereocenters. The van der Waals surface area contributed by atoms with Gasteiger partial charge in [0.2, 0.25) is 0 Å². The Kier molecular flexibility index (Phi) is 17.3. The monoisotopic (exact) mass is 875 g/mol. The van der Waals surface area contributed by atoms with Crippen LogP contribution >= 0.6 is 35.3 Å². The van der Waals surface area contributed by atoms with Crippen LogP contribution in [0, 0.1) is 18.2 Å². The van der Waals surface area contributed by atoms with Gasteiger partial charge in [0, 0.05) is 31.4 Å². The molecule has 49 heavy (non-hydrogen) atoms. The molecule has 1 aliphatic rings. The summed E-state index contributed by atoms with van der Waals surface area (Å²) in [6.07, 6.45) is 9.32. The number of benzene rings is 5. The van der Waals surface area contributed by atoms with Crippen LogP contribution in [0.3, 0.4) is 0 Å². The Bertz CT molecular complexity index is 1740. The summed E-state index contributed by atoms with van der Waals surface area (Å²) in [6, 6.07) is 44.7. The van der Waals surface area contributed by atoms with Gasteiger partial charge in [-0.05, 0) is 57.2 Å². The van der Waals surface area contributed by atoms with Crippen LogP contribution in [0.15, 0.2) is 163 Å². The van der Waals surface area contributed by atoms with E-state index in [2.05, 4.69) is 24.3 Å². The molecule has 7 heteroatoms. The Balaban J connectivity index is 0.000000197. The summed E-state index contributed by atoms with van der Waals surface area (Å²) in [5.74, 6) is 0.322. The third kappa shape index (κ3) is 14.3. The number of thioether (sulfide) groups is 1. The number of ketones is 3. The van der Waals surface area contributed by atoms with Crippen molar-refractivity contribution in [3.05, 3.63) is 173 Å². The quantitative estimate of drug-likeness (QED) is 0.109. The normalized spacial score (nSPS) is 11.4. The Morgan fingerprint density at radius 3 is 1.12 bits per heavy atom. The van der Waals surface area contributed by atoms with Gasteiger partial charge in [-0.25, -0.2) is 12.2 Å². The first-order valence-corrected chi connectivity index (χ1v) is 17.8. The Labute approximate surface area is 316 Å². The molecule has 6 rings (SSSR count). The topological polar surface area (TPSA) is 51.2 Å². The van der Waals surface area contributed by atoms with Crippen molar-refractivity contribution in [1.82, 2.24) is 0 Å². The predicted octanol–water partition coefficient (Wildman–Crippen LogP) is 11.7. The summed E-state index contributed by atoms with van der Waals surface area (Å²) >= 11 is 5.12. The Hall–Kier alpha value is -3.72. The largest absolute Gasteiger partial charge is 4.00 e. The van der Waals surface area contributed by atoms with Gasteiger partial charge in [-0.1, -0.05) is 57.5 Å². The van der Waals surface area contributed by atoms with Crippen molar-refractivity contribution in [2.75, 3.05) is 0 Å². The Morgan fingerprint density at radius 2 is 0.816 bits per heavy atom. The number of carbonyl (C=O) groups is 3. The summed E-state index contributed by atoms with van der Waals surface area (Å²) in [5.41, 5.74) is 2.28. The SMILES string of the molecule is CC(=O)c1ccc(SC2=CC=[C-]CC2)cc1.CC(=O)c1ccc(Sc2cc[c-]cc2)cc1.CC(=O)c1ccc(Sc2cc[c-]cc2)cc1.[Os+4]. The van der Waals surface area contributed by atoms with Crippen LogP contribution in [0.4, 0.5) is 0 Å². The second-order valence-corrected chi connectivity index (χ2v) is 14.0. The van der Waals surface area contributed by atoms with Crippen LogP contribution in [0.25, 0.3) is 0 Å². The van der Waals surface area contributed by atoms with Crippen LogP contribution in [-0.4, -0.2) is 17.3 Å². The van der Waals surface area contributed by atoms with E-state index in [9.17, 15) is 14.4 Å². The van der Waals surface area contributed by atoms with Crippen molar-refractivity contribution >= 4 is 52.6 Å². The van der Waals surface area contributed by atoms with E-state index in [0.29, 0.717) is 0 Å². The zero-order chi connectivity index (χ0) is 34.1. The summed E-state index contributed by atoms with van der Waals surface area (Å²) in [6.45, 7) is 4.75. The fraction of sp³-hybridized carbons (Fsp3) is 0.119. The minimum Gasteiger partial charge on any atom is -0.295 e. The van der Waals surface area contributed by atoms with E-state index in [0.717, 1.165) is 39.3 Å². The molecule has 0 fully saturated rings. The number of hydrogen-bond donors (Lipinski definition) is 0. The maximum absolute atomic E-state index is 11.1. The number of hydrogen-bond acceptors (Lipinski definition) is 6. The van der Waals surface area contributed by atoms with Gasteiger partial charge in [0.1, 0.15) is 0 Å². The van der Waals surface area contributed by atoms with Crippen molar-refractivity contribution in [2.24, 2.45) is 0 Å². The molecule has 0 spiro atoms. The van der Waals surface area contributed by atoms with Gasteiger partial charge >= 0.3 is 19.8 Å². The van der Waals surface area contributed by atoms with Crippen molar-refractivity contribution in [2.45, 2.75) is 58.1 Å². The molecule has 5 aromatic rings. The summed E-state index contributed by atoms with van der Waals surface area (Å²) < 4.78 is 0. The van der Waals surface area contributed by atoms with Gasteiger partial charge in [0.15, 0.2) is 17.3 Å². The molecule has 0 aromatic heterocycles. The third-order valence-corrected chi connectivity index (χ3v) is 9.92. The molecule has 0 bridgehead atoms. The van der Waals surface area contributed by atoms with Crippen LogP contribution in [0.2, 0.25) is 0 Å². The van der Waals surface area contributed by atoms with Crippen LogP contribution < -0.4 is 0 Å². The van der Waals surface area contributed by atoms with Crippen molar-refractivity contribution in [3.8, 4) is 0 Å². The number of allylic oxidation sites excluding steroid dienone is 4. The van der Waals surface area contributed by atoms with Crippen molar-refractivity contribution in [3.63, 3.8) is 0 Å². The van der Waals surface area contributed by atoms with E-state index in [4.69, 9.17) is 0 Å². The standard InChI is InChI=1S/C14H13OS.2C14H11OS.Os/c3*1-11(15)12-7-9-14(10-8-12)16-13-5-3-2-4-6-13;/h3,5,7-10H,4,6H2,1H3;2*3-10H,1H3;/q3*-1;+4. The van der Waals surface area contributed by atoms with E-state index in [-0.39, 0.29) is 37.1 Å². The van der Waals surface area contributed by atoms with E-state index in [1.54, 1.807) is 56.1 Å². The first kappa shape index (κ1) is 39.7. The van der Waals surface area contributed by atoms with Gasteiger partial charge in [-0.2, -0.15) is 60.7 Å². The van der Waals surface area contributed by atoms with Crippen LogP contribution in [0.1, 0.15) is 64.7 Å². The minimum absolute atomic E-state index is 0. The second kappa shape index (κ2) is 21.4. The molecule has 5 aromatic carbocycles. The minimum atomic E-state index is 0. The third-order valence-electron chi connectivity index (χ3n) is 6.78. The van der Waals surface area contributed by atoms with E-state index < -0.39 is 0 Å². The van der Waals surface area contributed by atoms with Gasteiger partial charge in [-0.15, -0.1) is 41.7 Å². The molecule has 0 amide bonds. The van der Waals surface area contributed by atoms with Crippen LogP contribution in [0.5, 0.6) is 0 Å². The molecular formula is C42H35O3OsS3+. The number of rotatable bonds is 9. The molecule has 0 aliphatic heterocycles. The molecule has 0 N–H and O–H groups in total. The van der Waals surface area contributed by atoms with E-state index in [1.807, 2.05) is 127 Å². The maximum atomic E-state index is 11.1. The molecular weight excluding hydrogens is 839 g/mol. The number of Topliss-reactive ketones (excluding diaryl/α,β-unsaturated/α-hetero) is 3. The van der Waals surface area contributed by atoms with Gasteiger partial charge in [0.25, 0.3) is 0 Å². The molecule has 0 radical (unpaired) electrons. The zero-order valence-electron chi connectivity index (χ0n) is 27.4. The zero-order valence-corrected chi connectivity index (χ0v) is 32.4. The average molecular weight is 874 g/mol. The molecule has 246 valence electrons. The second-order valence-electron chi connectivity index (χ2n) is 10.5. The Morgan fingerprint density at radius 1 is 0.490 bits per heavy atom. The molecule has 3 nitrogen and oxygen atoms in total. The van der Waals surface area contributed by atoms with Gasteiger partial charge in [-0.3, -0.25) is 20.5 Å². The molecule has 1 aliphatic carbocycles. The first-order chi connectivity index (χ1) is 23.3. The molecule has 0 heterocycles. The van der Waals surface area contributed by atoms with Gasteiger partial charge in [0.05, 0.1) is 0 Å². The smallest absolute Gasteiger partial charge is 0.295 e. The fourth-order valence-corrected chi connectivity index (χ4v) is 6.72. The summed E-state index contributed by atoms with van der Waals surface area (Å²) in [4.78, 5) is 40.5.